The number of aliphatic carboxylic acids is 1. The van der Waals surface area contributed by atoms with Crippen molar-refractivity contribution in [3.8, 4) is 6.07 Å². The highest BCUT2D eigenvalue weighted by molar-refractivity contribution is 8.24. The van der Waals surface area contributed by atoms with E-state index in [1.807, 2.05) is 38.1 Å². The van der Waals surface area contributed by atoms with Gasteiger partial charge in [0.1, 0.15) is 0 Å². The molecule has 0 spiro atoms. The molecule has 0 atom stereocenters. The second-order valence-electron chi connectivity index (χ2n) is 10.1. The number of benzene rings is 2. The number of hydrogen-bond donors (Lipinski definition) is 5. The quantitative estimate of drug-likeness (QED) is 0.265. The number of amides is 2. The maximum absolute atomic E-state index is 13.0. The minimum absolute atomic E-state index is 0.0671. The zero-order valence-electron chi connectivity index (χ0n) is 21.5. The van der Waals surface area contributed by atoms with E-state index in [2.05, 4.69) is 22.5 Å². The second kappa shape index (κ2) is 11.9. The van der Waals surface area contributed by atoms with Crippen LogP contribution < -0.4 is 15.5 Å². The largest absolute Gasteiger partial charge is 0.481 e. The molecule has 9 nitrogen and oxygen atoms in total. The lowest BCUT2D eigenvalue weighted by atomic mass is 9.81. The van der Waals surface area contributed by atoms with Crippen LogP contribution in [0.3, 0.4) is 0 Å². The molecule has 3 rings (SSSR count). The van der Waals surface area contributed by atoms with Gasteiger partial charge >= 0.3 is 12.0 Å². The molecule has 2 amide bonds. The van der Waals surface area contributed by atoms with Crippen LogP contribution in [0.1, 0.15) is 57.6 Å². The number of carbonyl (C=O) groups is 2. The molecule has 1 heterocycles. The summed E-state index contributed by atoms with van der Waals surface area (Å²) in [5.41, 5.74) is 2.48. The molecule has 37 heavy (non-hydrogen) atoms. The van der Waals surface area contributed by atoms with Crippen LogP contribution in [0.4, 0.5) is 21.9 Å². The highest BCUT2D eigenvalue weighted by Gasteiger charge is 2.31. The van der Waals surface area contributed by atoms with Crippen molar-refractivity contribution in [1.82, 2.24) is 0 Å². The Bertz CT molecular complexity index is 1150. The molecular formula is C27H36N4O5S. The summed E-state index contributed by atoms with van der Waals surface area (Å²) in [7, 11) is -2.53. The maximum Gasteiger partial charge on any atom is 0.323 e. The van der Waals surface area contributed by atoms with E-state index in [-0.39, 0.29) is 12.5 Å². The number of carboxylic acids is 1. The van der Waals surface area contributed by atoms with Crippen LogP contribution in [0.15, 0.2) is 42.5 Å². The molecule has 0 bridgehead atoms. The topological polar surface area (TPSA) is 146 Å². The number of carbonyl (C=O) groups excluding carboxylic acids is 1. The number of nitrogens with zero attached hydrogens (tertiary/aromatic N) is 2. The lowest BCUT2D eigenvalue weighted by Crippen LogP contribution is -2.41. The van der Waals surface area contributed by atoms with Gasteiger partial charge in [0.2, 0.25) is 0 Å². The first kappa shape index (κ1) is 28.3. The van der Waals surface area contributed by atoms with Crippen LogP contribution in [-0.2, 0) is 10.2 Å². The maximum atomic E-state index is 13.0. The normalized spacial score (nSPS) is 16.3. The summed E-state index contributed by atoms with van der Waals surface area (Å²) in [4.78, 5) is 26.7. The molecule has 2 aromatic carbocycles. The lowest BCUT2D eigenvalue weighted by molar-refractivity contribution is -0.138. The Morgan fingerprint density at radius 2 is 1.76 bits per heavy atom. The Labute approximate surface area is 219 Å². The molecule has 1 fully saturated rings. The first-order valence-electron chi connectivity index (χ1n) is 12.4. The van der Waals surface area contributed by atoms with Crippen molar-refractivity contribution in [2.75, 3.05) is 33.6 Å². The van der Waals surface area contributed by atoms with E-state index in [1.54, 1.807) is 24.3 Å². The number of anilines is 3. The van der Waals surface area contributed by atoms with Crippen LogP contribution in [0, 0.1) is 11.3 Å². The van der Waals surface area contributed by atoms with Crippen molar-refractivity contribution in [2.45, 2.75) is 57.9 Å². The number of nitrogens with one attached hydrogen (secondary N) is 2. The molecular weight excluding hydrogens is 492 g/mol. The molecule has 0 saturated carbocycles. The Kier molecular flexibility index (Phi) is 9.07. The van der Waals surface area contributed by atoms with Gasteiger partial charge in [-0.2, -0.15) is 15.9 Å². The number of carboxylic acid groups (broad SMARTS) is 1. The Hall–Kier alpha value is -3.26. The van der Waals surface area contributed by atoms with Gasteiger partial charge in [-0.3, -0.25) is 13.9 Å². The molecule has 2 aromatic rings. The van der Waals surface area contributed by atoms with E-state index in [0.29, 0.717) is 47.8 Å². The van der Waals surface area contributed by atoms with E-state index in [4.69, 9.17) is 5.26 Å². The summed E-state index contributed by atoms with van der Waals surface area (Å²) < 4.78 is 20.2. The fourth-order valence-electron chi connectivity index (χ4n) is 4.65. The van der Waals surface area contributed by atoms with E-state index >= 15 is 0 Å². The van der Waals surface area contributed by atoms with Gasteiger partial charge in [-0.25, -0.2) is 4.79 Å². The van der Waals surface area contributed by atoms with Crippen molar-refractivity contribution < 1.29 is 23.8 Å². The minimum Gasteiger partial charge on any atom is -0.481 e. The molecule has 1 aliphatic rings. The third-order valence-electron chi connectivity index (χ3n) is 6.66. The van der Waals surface area contributed by atoms with Crippen LogP contribution in [-0.4, -0.2) is 50.3 Å². The summed E-state index contributed by atoms with van der Waals surface area (Å²) in [6, 6.07) is 13.8. The third-order valence-corrected chi connectivity index (χ3v) is 8.44. The fourth-order valence-corrected chi connectivity index (χ4v) is 6.15. The molecule has 1 aliphatic heterocycles. The first-order chi connectivity index (χ1) is 17.4. The Morgan fingerprint density at radius 3 is 2.32 bits per heavy atom. The summed E-state index contributed by atoms with van der Waals surface area (Å²) >= 11 is 0. The van der Waals surface area contributed by atoms with Crippen molar-refractivity contribution in [1.29, 1.82) is 5.26 Å². The fraction of sp³-hybridized carbons (Fsp3) is 0.444. The van der Waals surface area contributed by atoms with Gasteiger partial charge in [0.25, 0.3) is 0 Å². The van der Waals surface area contributed by atoms with Crippen LogP contribution in [0.25, 0.3) is 0 Å². The van der Waals surface area contributed by atoms with Gasteiger partial charge in [0, 0.05) is 35.2 Å². The minimum atomic E-state index is -2.53. The zero-order chi connectivity index (χ0) is 27.2. The van der Waals surface area contributed by atoms with E-state index in [0.717, 1.165) is 17.7 Å². The zero-order valence-corrected chi connectivity index (χ0v) is 22.3. The van der Waals surface area contributed by atoms with Crippen molar-refractivity contribution in [3.63, 3.8) is 0 Å². The van der Waals surface area contributed by atoms with Crippen molar-refractivity contribution >= 4 is 39.7 Å². The van der Waals surface area contributed by atoms with Crippen molar-refractivity contribution in [2.24, 2.45) is 0 Å². The summed E-state index contributed by atoms with van der Waals surface area (Å²) in [5.74, 6) is -0.205. The van der Waals surface area contributed by atoms with Gasteiger partial charge in [-0.05, 0) is 61.2 Å². The van der Waals surface area contributed by atoms with E-state index in [1.165, 1.54) is 0 Å². The molecule has 5 N–H and O–H groups in total. The average Bonchev–Trinajstić information content (AvgIpc) is 2.82. The van der Waals surface area contributed by atoms with Gasteiger partial charge in [-0.15, -0.1) is 0 Å². The van der Waals surface area contributed by atoms with Crippen LogP contribution in [0.5, 0.6) is 0 Å². The van der Waals surface area contributed by atoms with E-state index in [9.17, 15) is 23.8 Å². The molecule has 0 unspecified atom stereocenters. The number of rotatable bonds is 9. The van der Waals surface area contributed by atoms with Crippen molar-refractivity contribution in [3.05, 3.63) is 53.6 Å². The molecule has 0 aliphatic carbocycles. The molecule has 1 saturated heterocycles. The molecule has 0 radical (unpaired) electrons. The number of hydrogen-bond acceptors (Lipinski definition) is 6. The Morgan fingerprint density at radius 1 is 1.11 bits per heavy atom. The van der Waals surface area contributed by atoms with Crippen LogP contribution in [0.2, 0.25) is 0 Å². The third kappa shape index (κ3) is 7.61. The standard InChI is InChI=1S/C27H36N4O5S/c1-4-13-31(22-11-14-37(35,36)15-12-22)24-10-7-20(27(2,3)17-25(32)33)16-23(24)30-26(34)29-21-8-5-19(18-28)6-9-21/h5-10,16,22,35-36H,4,11-15,17H2,1-3H3,(H,32,33)(H2,29,30,34). The Balaban J connectivity index is 1.95. The smallest absolute Gasteiger partial charge is 0.323 e. The average molecular weight is 529 g/mol. The van der Waals surface area contributed by atoms with Gasteiger partial charge < -0.3 is 20.6 Å². The second-order valence-corrected chi connectivity index (χ2v) is 12.5. The summed E-state index contributed by atoms with van der Waals surface area (Å²) in [6.45, 7) is 6.49. The first-order valence-corrected chi connectivity index (χ1v) is 14.3. The van der Waals surface area contributed by atoms with Gasteiger partial charge in [-0.1, -0.05) is 26.8 Å². The summed E-state index contributed by atoms with van der Waals surface area (Å²) in [5, 5.41) is 24.1. The van der Waals surface area contributed by atoms with Crippen LogP contribution >= 0.6 is 10.6 Å². The lowest BCUT2D eigenvalue weighted by Gasteiger charge is -2.44. The summed E-state index contributed by atoms with van der Waals surface area (Å²) in [6.07, 6.45) is 2.05. The molecule has 10 heteroatoms. The molecule has 0 aromatic heterocycles. The predicted octanol–water partition coefficient (Wildman–Crippen LogP) is 6.08. The van der Waals surface area contributed by atoms with Gasteiger partial charge in [0.15, 0.2) is 0 Å². The highest BCUT2D eigenvalue weighted by Crippen LogP contribution is 2.46. The SMILES string of the molecule is CCCN(c1ccc(C(C)(C)CC(=O)O)cc1NC(=O)Nc1ccc(C#N)cc1)C1CCS(O)(O)CC1. The predicted molar refractivity (Wildman–Crippen MR) is 149 cm³/mol. The molecule has 200 valence electrons. The van der Waals surface area contributed by atoms with E-state index < -0.39 is 28.0 Å². The monoisotopic (exact) mass is 528 g/mol. The number of urea groups is 1. The van der Waals surface area contributed by atoms with Gasteiger partial charge in [0.05, 0.1) is 29.4 Å². The number of nitriles is 1. The highest BCUT2D eigenvalue weighted by atomic mass is 32.3.